The zero-order valence-corrected chi connectivity index (χ0v) is 7.50. The van der Waals surface area contributed by atoms with Crippen LogP contribution >= 0.6 is 0 Å². The van der Waals surface area contributed by atoms with Crippen molar-refractivity contribution in [1.82, 2.24) is 14.5 Å². The van der Waals surface area contributed by atoms with Gasteiger partial charge in [0.25, 0.3) is 0 Å². The first kappa shape index (κ1) is 8.62. The summed E-state index contributed by atoms with van der Waals surface area (Å²) in [6.07, 6.45) is 7.58. The molecule has 0 radical (unpaired) electrons. The van der Waals surface area contributed by atoms with E-state index in [0.717, 1.165) is 11.8 Å². The van der Waals surface area contributed by atoms with Crippen molar-refractivity contribution in [2.45, 2.75) is 6.54 Å². The van der Waals surface area contributed by atoms with Crippen molar-refractivity contribution in [3.8, 4) is 0 Å². The van der Waals surface area contributed by atoms with E-state index in [1.54, 1.807) is 24.9 Å². The number of hydrogen-bond acceptors (Lipinski definition) is 3. The molecule has 0 aromatic carbocycles. The monoisotopic (exact) mass is 187 g/mol. The van der Waals surface area contributed by atoms with Gasteiger partial charge in [-0.2, -0.15) is 0 Å². The Bertz CT molecular complexity index is 422. The summed E-state index contributed by atoms with van der Waals surface area (Å²) in [7, 11) is 0. The molecule has 0 spiro atoms. The number of hydrogen-bond donors (Lipinski definition) is 0. The molecule has 2 rings (SSSR count). The number of imidazole rings is 1. The Hall–Kier alpha value is -1.97. The molecule has 0 saturated carbocycles. The molecule has 0 saturated heterocycles. The quantitative estimate of drug-likeness (QED) is 0.677. The highest BCUT2D eigenvalue weighted by atomic mass is 16.1. The number of aromatic nitrogens is 3. The Morgan fingerprint density at radius 3 is 2.79 bits per heavy atom. The minimum Gasteiger partial charge on any atom is -0.332 e. The Kier molecular flexibility index (Phi) is 2.36. The summed E-state index contributed by atoms with van der Waals surface area (Å²) in [5.74, 6) is 0. The molecule has 0 amide bonds. The number of nitrogens with zero attached hydrogens (tertiary/aromatic N) is 3. The number of rotatable bonds is 3. The van der Waals surface area contributed by atoms with Crippen LogP contribution in [-0.4, -0.2) is 20.8 Å². The van der Waals surface area contributed by atoms with E-state index in [-0.39, 0.29) is 0 Å². The minimum atomic E-state index is 0.457. The molecule has 0 atom stereocenters. The fraction of sp³-hybridized carbons (Fsp3) is 0.100. The Morgan fingerprint density at radius 2 is 2.14 bits per heavy atom. The van der Waals surface area contributed by atoms with Crippen LogP contribution < -0.4 is 0 Å². The topological polar surface area (TPSA) is 47.8 Å². The maximum atomic E-state index is 10.4. The van der Waals surface area contributed by atoms with Crippen molar-refractivity contribution in [3.05, 3.63) is 48.3 Å². The fourth-order valence-electron chi connectivity index (χ4n) is 1.22. The van der Waals surface area contributed by atoms with E-state index in [4.69, 9.17) is 0 Å². The lowest BCUT2D eigenvalue weighted by molar-refractivity contribution is 0.111. The summed E-state index contributed by atoms with van der Waals surface area (Å²) in [5.41, 5.74) is 1.59. The predicted molar refractivity (Wildman–Crippen MR) is 51.0 cm³/mol. The van der Waals surface area contributed by atoms with Gasteiger partial charge < -0.3 is 4.57 Å². The van der Waals surface area contributed by atoms with Crippen molar-refractivity contribution in [2.24, 2.45) is 0 Å². The molecule has 0 fully saturated rings. The standard InChI is InChI=1S/C10H9N3O/c14-7-10-6-13(8-12-10)5-9-1-3-11-4-2-9/h1-4,6-8H,5H2. The van der Waals surface area contributed by atoms with Crippen molar-refractivity contribution in [1.29, 1.82) is 0 Å². The first-order valence-electron chi connectivity index (χ1n) is 4.24. The van der Waals surface area contributed by atoms with Crippen LogP contribution in [0, 0.1) is 0 Å². The number of carbonyl (C=O) groups is 1. The van der Waals surface area contributed by atoms with Crippen LogP contribution in [0.2, 0.25) is 0 Å². The summed E-state index contributed by atoms with van der Waals surface area (Å²) < 4.78 is 1.86. The first-order chi connectivity index (χ1) is 6.88. The third-order valence-electron chi connectivity index (χ3n) is 1.89. The largest absolute Gasteiger partial charge is 0.332 e. The van der Waals surface area contributed by atoms with Crippen molar-refractivity contribution >= 4 is 6.29 Å². The molecule has 0 aliphatic heterocycles. The van der Waals surface area contributed by atoms with Crippen LogP contribution in [0.3, 0.4) is 0 Å². The molecule has 4 nitrogen and oxygen atoms in total. The van der Waals surface area contributed by atoms with E-state index < -0.39 is 0 Å². The third kappa shape index (κ3) is 1.85. The van der Waals surface area contributed by atoms with Gasteiger partial charge in [0, 0.05) is 25.1 Å². The highest BCUT2D eigenvalue weighted by Crippen LogP contribution is 2.01. The molecular weight excluding hydrogens is 178 g/mol. The molecule has 0 unspecified atom stereocenters. The average Bonchev–Trinajstić information content (AvgIpc) is 2.67. The maximum Gasteiger partial charge on any atom is 0.169 e. The normalized spacial score (nSPS) is 10.0. The number of pyridine rings is 1. The van der Waals surface area contributed by atoms with Crippen molar-refractivity contribution < 1.29 is 4.79 Å². The lowest BCUT2D eigenvalue weighted by Crippen LogP contribution is -1.95. The highest BCUT2D eigenvalue weighted by Gasteiger charge is 1.97. The molecule has 2 heterocycles. The second-order valence-corrected chi connectivity index (χ2v) is 2.94. The molecule has 2 aromatic rings. The Labute approximate surface area is 81.2 Å². The van der Waals surface area contributed by atoms with Gasteiger partial charge in [0.05, 0.1) is 6.33 Å². The molecule has 14 heavy (non-hydrogen) atoms. The van der Waals surface area contributed by atoms with Gasteiger partial charge in [-0.1, -0.05) is 0 Å². The summed E-state index contributed by atoms with van der Waals surface area (Å²) >= 11 is 0. The first-order valence-corrected chi connectivity index (χ1v) is 4.24. The van der Waals surface area contributed by atoms with E-state index in [1.807, 2.05) is 16.7 Å². The molecule has 4 heteroatoms. The van der Waals surface area contributed by atoms with Crippen LogP contribution in [0.25, 0.3) is 0 Å². The van der Waals surface area contributed by atoms with Crippen LogP contribution in [0.15, 0.2) is 37.1 Å². The molecule has 0 N–H and O–H groups in total. The van der Waals surface area contributed by atoms with Crippen molar-refractivity contribution in [3.63, 3.8) is 0 Å². The van der Waals surface area contributed by atoms with E-state index >= 15 is 0 Å². The van der Waals surface area contributed by atoms with Crippen LogP contribution in [-0.2, 0) is 6.54 Å². The Morgan fingerprint density at radius 1 is 1.36 bits per heavy atom. The highest BCUT2D eigenvalue weighted by molar-refractivity contribution is 5.70. The molecule has 2 aromatic heterocycles. The number of carbonyl (C=O) groups excluding carboxylic acids is 1. The third-order valence-corrected chi connectivity index (χ3v) is 1.89. The lowest BCUT2D eigenvalue weighted by Gasteiger charge is -2.00. The van der Waals surface area contributed by atoms with Gasteiger partial charge in [-0.05, 0) is 17.7 Å². The van der Waals surface area contributed by atoms with Gasteiger partial charge in [0.2, 0.25) is 0 Å². The van der Waals surface area contributed by atoms with Gasteiger partial charge >= 0.3 is 0 Å². The molecule has 0 aliphatic rings. The smallest absolute Gasteiger partial charge is 0.169 e. The van der Waals surface area contributed by atoms with Gasteiger partial charge in [-0.25, -0.2) is 4.98 Å². The predicted octanol–water partition coefficient (Wildman–Crippen LogP) is 1.14. The zero-order valence-electron chi connectivity index (χ0n) is 7.50. The fourth-order valence-corrected chi connectivity index (χ4v) is 1.22. The summed E-state index contributed by atoms with van der Waals surface area (Å²) in [6.45, 7) is 0.712. The molecule has 0 aliphatic carbocycles. The molecule has 0 bridgehead atoms. The minimum absolute atomic E-state index is 0.457. The SMILES string of the molecule is O=Cc1cn(Cc2ccncc2)cn1. The van der Waals surface area contributed by atoms with Crippen LogP contribution in [0.1, 0.15) is 16.1 Å². The van der Waals surface area contributed by atoms with E-state index in [2.05, 4.69) is 9.97 Å². The molecule has 70 valence electrons. The van der Waals surface area contributed by atoms with E-state index in [1.165, 1.54) is 0 Å². The van der Waals surface area contributed by atoms with Gasteiger partial charge in [-0.15, -0.1) is 0 Å². The number of aldehydes is 1. The van der Waals surface area contributed by atoms with Gasteiger partial charge in [0.1, 0.15) is 5.69 Å². The van der Waals surface area contributed by atoms with Crippen LogP contribution in [0.5, 0.6) is 0 Å². The second-order valence-electron chi connectivity index (χ2n) is 2.94. The average molecular weight is 187 g/mol. The van der Waals surface area contributed by atoms with E-state index in [9.17, 15) is 4.79 Å². The van der Waals surface area contributed by atoms with Gasteiger partial charge in [0.15, 0.2) is 6.29 Å². The summed E-state index contributed by atoms with van der Waals surface area (Å²) in [5, 5.41) is 0. The van der Waals surface area contributed by atoms with Crippen molar-refractivity contribution in [2.75, 3.05) is 0 Å². The van der Waals surface area contributed by atoms with Crippen LogP contribution in [0.4, 0.5) is 0 Å². The lowest BCUT2D eigenvalue weighted by atomic mass is 10.3. The van der Waals surface area contributed by atoms with E-state index in [0.29, 0.717) is 12.2 Å². The Balaban J connectivity index is 2.15. The zero-order chi connectivity index (χ0) is 9.80. The maximum absolute atomic E-state index is 10.4. The summed E-state index contributed by atoms with van der Waals surface area (Å²) in [4.78, 5) is 18.2. The summed E-state index contributed by atoms with van der Waals surface area (Å²) in [6, 6.07) is 3.86. The molecular formula is C10H9N3O. The second kappa shape index (κ2) is 3.83. The van der Waals surface area contributed by atoms with Gasteiger partial charge in [-0.3, -0.25) is 9.78 Å².